The van der Waals surface area contributed by atoms with E-state index in [9.17, 15) is 14.4 Å². The van der Waals surface area contributed by atoms with Gasteiger partial charge in [0.2, 0.25) is 11.8 Å². The summed E-state index contributed by atoms with van der Waals surface area (Å²) in [5.41, 5.74) is 1.89. The lowest BCUT2D eigenvalue weighted by molar-refractivity contribution is -0.156. The normalized spacial score (nSPS) is 27.3. The number of carbonyl (C=O) groups excluding carboxylic acids is 3. The molecule has 3 fully saturated rings. The summed E-state index contributed by atoms with van der Waals surface area (Å²) in [6.07, 6.45) is 3.03. The molecule has 0 spiro atoms. The Labute approximate surface area is 152 Å². The van der Waals surface area contributed by atoms with E-state index >= 15 is 0 Å². The Morgan fingerprint density at radius 2 is 2.00 bits per heavy atom. The van der Waals surface area contributed by atoms with Crippen LogP contribution in [0.4, 0.5) is 10.5 Å². The molecule has 0 radical (unpaired) electrons. The van der Waals surface area contributed by atoms with Crippen LogP contribution in [-0.4, -0.2) is 58.9 Å². The summed E-state index contributed by atoms with van der Waals surface area (Å²) in [7, 11) is 0. The first-order valence-electron chi connectivity index (χ1n) is 9.34. The van der Waals surface area contributed by atoms with Crippen LogP contribution in [0.2, 0.25) is 0 Å². The van der Waals surface area contributed by atoms with Crippen LogP contribution in [0, 0.1) is 0 Å². The van der Waals surface area contributed by atoms with E-state index in [1.54, 1.807) is 9.80 Å². The maximum atomic E-state index is 12.6. The Balaban J connectivity index is 1.39. The zero-order chi connectivity index (χ0) is 18.3. The molecule has 1 aromatic carbocycles. The number of nitrogens with zero attached hydrogens (tertiary/aromatic N) is 2. The van der Waals surface area contributed by atoms with Crippen molar-refractivity contribution in [1.29, 1.82) is 0 Å². The molecule has 0 aliphatic carbocycles. The monoisotopic (exact) mass is 356 g/mol. The second-order valence-electron chi connectivity index (χ2n) is 7.28. The average Bonchev–Trinajstić information content (AvgIpc) is 3.27. The number of amides is 4. The van der Waals surface area contributed by atoms with E-state index in [1.165, 1.54) is 0 Å². The smallest absolute Gasteiger partial charge is 0.319 e. The number of piperazine rings is 1. The largest absolute Gasteiger partial charge is 0.333 e. The van der Waals surface area contributed by atoms with Gasteiger partial charge < -0.3 is 20.4 Å². The number of benzene rings is 1. The van der Waals surface area contributed by atoms with Crippen molar-refractivity contribution in [3.63, 3.8) is 0 Å². The molecule has 7 heteroatoms. The van der Waals surface area contributed by atoms with E-state index in [1.807, 2.05) is 24.3 Å². The summed E-state index contributed by atoms with van der Waals surface area (Å²) < 4.78 is 0. The molecular formula is C19H24N4O3. The molecule has 26 heavy (non-hydrogen) atoms. The molecular weight excluding hydrogens is 332 g/mol. The zero-order valence-corrected chi connectivity index (χ0v) is 14.9. The molecule has 2 N–H and O–H groups in total. The predicted octanol–water partition coefficient (Wildman–Crippen LogP) is 1.34. The average molecular weight is 356 g/mol. The van der Waals surface area contributed by atoms with E-state index in [2.05, 4.69) is 17.6 Å². The number of anilines is 1. The van der Waals surface area contributed by atoms with Gasteiger partial charge in [-0.1, -0.05) is 19.1 Å². The maximum Gasteiger partial charge on any atom is 0.319 e. The van der Waals surface area contributed by atoms with Crippen LogP contribution in [-0.2, 0) is 16.0 Å². The van der Waals surface area contributed by atoms with Gasteiger partial charge in [0.05, 0.1) is 6.04 Å². The van der Waals surface area contributed by atoms with Gasteiger partial charge in [-0.15, -0.1) is 0 Å². The fourth-order valence-corrected chi connectivity index (χ4v) is 4.31. The highest BCUT2D eigenvalue weighted by molar-refractivity contribution is 5.98. The Morgan fingerprint density at radius 1 is 1.19 bits per heavy atom. The molecule has 3 atom stereocenters. The number of hydrogen-bond acceptors (Lipinski definition) is 3. The van der Waals surface area contributed by atoms with Crippen molar-refractivity contribution in [3.05, 3.63) is 29.8 Å². The summed E-state index contributed by atoms with van der Waals surface area (Å²) in [5.74, 6) is 0.0694. The highest BCUT2D eigenvalue weighted by Crippen LogP contribution is 2.32. The Bertz CT molecular complexity index is 720. The zero-order valence-electron chi connectivity index (χ0n) is 14.9. The minimum atomic E-state index is -0.425. The van der Waals surface area contributed by atoms with Gasteiger partial charge in [0.1, 0.15) is 12.1 Å². The van der Waals surface area contributed by atoms with Crippen molar-refractivity contribution in [2.75, 3.05) is 18.4 Å². The van der Waals surface area contributed by atoms with Crippen molar-refractivity contribution < 1.29 is 14.4 Å². The summed E-state index contributed by atoms with van der Waals surface area (Å²) in [6, 6.07) is 6.49. The lowest BCUT2D eigenvalue weighted by Gasteiger charge is -2.38. The number of hydrogen-bond donors (Lipinski definition) is 2. The van der Waals surface area contributed by atoms with Crippen molar-refractivity contribution in [3.8, 4) is 0 Å². The van der Waals surface area contributed by atoms with Gasteiger partial charge in [0, 0.05) is 18.8 Å². The molecule has 3 aliphatic heterocycles. The van der Waals surface area contributed by atoms with Crippen LogP contribution in [0.1, 0.15) is 31.7 Å². The first-order valence-corrected chi connectivity index (χ1v) is 9.34. The molecule has 1 aromatic rings. The minimum absolute atomic E-state index is 0.0347. The number of aryl methyl sites for hydroxylation is 1. The summed E-state index contributed by atoms with van der Waals surface area (Å²) in [5, 5.41) is 5.75. The van der Waals surface area contributed by atoms with Crippen molar-refractivity contribution in [2.45, 2.75) is 50.7 Å². The minimum Gasteiger partial charge on any atom is -0.333 e. The second-order valence-corrected chi connectivity index (χ2v) is 7.28. The molecule has 3 aliphatic rings. The fraction of sp³-hybridized carbons (Fsp3) is 0.526. The maximum absolute atomic E-state index is 12.6. The first-order chi connectivity index (χ1) is 12.6. The third-order valence-electron chi connectivity index (χ3n) is 5.62. The van der Waals surface area contributed by atoms with Gasteiger partial charge in [0.25, 0.3) is 0 Å². The molecule has 4 rings (SSSR count). The SMILES string of the molecule is CCc1cccc(NC(=O)N[C@H]2C[C@H]3C(=O)N4CCC[C@H]4C(=O)N3C2)c1. The number of urea groups is 1. The van der Waals surface area contributed by atoms with Crippen LogP contribution in [0.15, 0.2) is 24.3 Å². The second kappa shape index (κ2) is 6.63. The van der Waals surface area contributed by atoms with Gasteiger partial charge >= 0.3 is 6.03 Å². The van der Waals surface area contributed by atoms with Crippen molar-refractivity contribution in [1.82, 2.24) is 15.1 Å². The number of nitrogens with one attached hydrogen (secondary N) is 2. The lowest BCUT2D eigenvalue weighted by atomic mass is 10.1. The van der Waals surface area contributed by atoms with E-state index in [0.717, 1.165) is 30.5 Å². The third-order valence-corrected chi connectivity index (χ3v) is 5.62. The van der Waals surface area contributed by atoms with E-state index in [-0.39, 0.29) is 29.9 Å². The van der Waals surface area contributed by atoms with Gasteiger partial charge in [0.15, 0.2) is 0 Å². The van der Waals surface area contributed by atoms with Gasteiger partial charge in [-0.2, -0.15) is 0 Å². The summed E-state index contributed by atoms with van der Waals surface area (Å²) in [4.78, 5) is 41.0. The summed E-state index contributed by atoms with van der Waals surface area (Å²) in [6.45, 7) is 3.14. The van der Waals surface area contributed by atoms with Gasteiger partial charge in [-0.05, 0) is 43.4 Å². The molecule has 3 heterocycles. The van der Waals surface area contributed by atoms with Crippen LogP contribution < -0.4 is 10.6 Å². The first kappa shape index (κ1) is 16.9. The van der Waals surface area contributed by atoms with Crippen molar-refractivity contribution >= 4 is 23.5 Å². The van der Waals surface area contributed by atoms with E-state index < -0.39 is 6.04 Å². The van der Waals surface area contributed by atoms with Crippen molar-refractivity contribution in [2.24, 2.45) is 0 Å². The van der Waals surface area contributed by atoms with Crippen LogP contribution >= 0.6 is 0 Å². The van der Waals surface area contributed by atoms with E-state index in [4.69, 9.17) is 0 Å². The molecule has 4 amide bonds. The van der Waals surface area contributed by atoms with Crippen LogP contribution in [0.5, 0.6) is 0 Å². The molecule has 138 valence electrons. The molecule has 0 saturated carbocycles. The number of rotatable bonds is 3. The van der Waals surface area contributed by atoms with E-state index in [0.29, 0.717) is 19.5 Å². The van der Waals surface area contributed by atoms with Crippen LogP contribution in [0.25, 0.3) is 0 Å². The molecule has 7 nitrogen and oxygen atoms in total. The Kier molecular flexibility index (Phi) is 4.30. The molecule has 0 unspecified atom stereocenters. The van der Waals surface area contributed by atoms with Gasteiger partial charge in [-0.25, -0.2) is 4.79 Å². The molecule has 0 bridgehead atoms. The molecule has 0 aromatic heterocycles. The Hall–Kier alpha value is -2.57. The highest BCUT2D eigenvalue weighted by Gasteiger charge is 2.51. The standard InChI is InChI=1S/C19H24N4O3/c1-2-12-5-3-6-13(9-12)20-19(26)21-14-10-16-18(25)22-8-4-7-15(22)17(24)23(16)11-14/h3,5-6,9,14-16H,2,4,7-8,10-11H2,1H3,(H2,20,21,26)/t14-,15-,16-/m0/s1. The topological polar surface area (TPSA) is 81.8 Å². The Morgan fingerprint density at radius 3 is 2.81 bits per heavy atom. The molecule has 3 saturated heterocycles. The van der Waals surface area contributed by atoms with Gasteiger partial charge in [-0.3, -0.25) is 9.59 Å². The fourth-order valence-electron chi connectivity index (χ4n) is 4.31. The number of carbonyl (C=O) groups is 3. The third kappa shape index (κ3) is 2.91. The number of fused-ring (bicyclic) bond motifs is 2. The highest BCUT2D eigenvalue weighted by atomic mass is 16.2. The quantitative estimate of drug-likeness (QED) is 0.858. The lowest BCUT2D eigenvalue weighted by Crippen LogP contribution is -2.60. The van der Waals surface area contributed by atoms with Crippen LogP contribution in [0.3, 0.4) is 0 Å². The summed E-state index contributed by atoms with van der Waals surface area (Å²) >= 11 is 0. The predicted molar refractivity (Wildman–Crippen MR) is 96.6 cm³/mol.